The van der Waals surface area contributed by atoms with E-state index < -0.39 is 10.0 Å². The number of pyridine rings is 1. The molecule has 0 saturated heterocycles. The molecule has 0 radical (unpaired) electrons. The second-order valence-corrected chi connectivity index (χ2v) is 7.71. The monoisotopic (exact) mass is 380 g/mol. The minimum atomic E-state index is -3.67. The molecule has 0 aliphatic heterocycles. The lowest BCUT2D eigenvalue weighted by molar-refractivity contribution is 0.588. The van der Waals surface area contributed by atoms with Crippen LogP contribution in [0.25, 0.3) is 10.9 Å². The maximum Gasteiger partial charge on any atom is 0.275 e. The first-order valence-electron chi connectivity index (χ1n) is 6.53. The number of halogens is 1. The first-order valence-corrected chi connectivity index (χ1v) is 8.94. The van der Waals surface area contributed by atoms with Crippen molar-refractivity contribution in [1.82, 2.24) is 8.54 Å². The van der Waals surface area contributed by atoms with Crippen LogP contribution in [0, 0.1) is 0 Å². The summed E-state index contributed by atoms with van der Waals surface area (Å²) in [6, 6.07) is 10.5. The third-order valence-corrected chi connectivity index (χ3v) is 5.66. The Kier molecular flexibility index (Phi) is 3.70. The lowest BCUT2D eigenvalue weighted by atomic mass is 10.2. The molecule has 0 N–H and O–H groups in total. The van der Waals surface area contributed by atoms with Gasteiger partial charge in [-0.1, -0.05) is 30.3 Å². The number of fused-ring (bicyclic) bond motifs is 1. The van der Waals surface area contributed by atoms with Crippen LogP contribution in [0.3, 0.4) is 0 Å². The topological polar surface area (TPSA) is 61.1 Å². The highest BCUT2D eigenvalue weighted by molar-refractivity contribution is 9.10. The normalized spacial score (nSPS) is 11.9. The highest BCUT2D eigenvalue weighted by Gasteiger charge is 2.20. The van der Waals surface area contributed by atoms with Gasteiger partial charge in [-0.3, -0.25) is 4.79 Å². The Morgan fingerprint density at radius 2 is 1.82 bits per heavy atom. The van der Waals surface area contributed by atoms with Crippen LogP contribution in [0.5, 0.6) is 0 Å². The summed E-state index contributed by atoms with van der Waals surface area (Å²) in [7, 11) is -2.08. The summed E-state index contributed by atoms with van der Waals surface area (Å²) in [6.07, 6.45) is 3.05. The molecular formula is C15H13BrN2O3S. The van der Waals surface area contributed by atoms with Crippen LogP contribution in [-0.4, -0.2) is 17.0 Å². The van der Waals surface area contributed by atoms with E-state index in [2.05, 4.69) is 15.9 Å². The summed E-state index contributed by atoms with van der Waals surface area (Å²) in [5, 5.41) is 0.583. The molecule has 0 saturated carbocycles. The maximum absolute atomic E-state index is 12.7. The van der Waals surface area contributed by atoms with E-state index >= 15 is 0 Å². The van der Waals surface area contributed by atoms with E-state index in [0.717, 1.165) is 3.97 Å². The Morgan fingerprint density at radius 3 is 2.50 bits per heavy atom. The molecule has 0 spiro atoms. The van der Waals surface area contributed by atoms with Gasteiger partial charge >= 0.3 is 0 Å². The Bertz CT molecular complexity index is 1000. The molecule has 2 heterocycles. The highest BCUT2D eigenvalue weighted by Crippen LogP contribution is 2.24. The van der Waals surface area contributed by atoms with Gasteiger partial charge in [0.05, 0.1) is 5.75 Å². The van der Waals surface area contributed by atoms with E-state index in [9.17, 15) is 13.2 Å². The van der Waals surface area contributed by atoms with Crippen molar-refractivity contribution in [2.24, 2.45) is 7.05 Å². The molecule has 0 fully saturated rings. The molecule has 0 aliphatic carbocycles. The number of hydrogen-bond donors (Lipinski definition) is 0. The number of nitrogens with zero attached hydrogens (tertiary/aromatic N) is 2. The number of aromatic nitrogens is 2. The minimum Gasteiger partial charge on any atom is -0.316 e. The molecular weight excluding hydrogens is 368 g/mol. The molecule has 3 rings (SSSR count). The van der Waals surface area contributed by atoms with Crippen LogP contribution < -0.4 is 5.56 Å². The van der Waals surface area contributed by atoms with E-state index in [1.165, 1.54) is 10.8 Å². The van der Waals surface area contributed by atoms with Gasteiger partial charge in [0.2, 0.25) is 10.0 Å². The predicted molar refractivity (Wildman–Crippen MR) is 89.3 cm³/mol. The lowest BCUT2D eigenvalue weighted by Crippen LogP contribution is -2.22. The average molecular weight is 381 g/mol. The van der Waals surface area contributed by atoms with Crippen molar-refractivity contribution >= 4 is 36.9 Å². The van der Waals surface area contributed by atoms with E-state index in [4.69, 9.17) is 0 Å². The van der Waals surface area contributed by atoms with Crippen LogP contribution in [0.2, 0.25) is 0 Å². The summed E-state index contributed by atoms with van der Waals surface area (Å²) in [5.74, 6) is -0.159. The van der Waals surface area contributed by atoms with Crippen LogP contribution in [0.15, 0.2) is 58.1 Å². The summed E-state index contributed by atoms with van der Waals surface area (Å²) in [6.45, 7) is 0. The number of aryl methyl sites for hydroxylation is 1. The molecule has 7 heteroatoms. The molecule has 5 nitrogen and oxygen atoms in total. The lowest BCUT2D eigenvalue weighted by Gasteiger charge is -2.08. The zero-order valence-electron chi connectivity index (χ0n) is 11.7. The number of benzene rings is 1. The molecule has 2 aromatic heterocycles. The number of rotatable bonds is 3. The van der Waals surface area contributed by atoms with Gasteiger partial charge in [0.15, 0.2) is 0 Å². The third kappa shape index (κ3) is 2.50. The van der Waals surface area contributed by atoms with Crippen molar-refractivity contribution < 1.29 is 8.42 Å². The summed E-state index contributed by atoms with van der Waals surface area (Å²) in [4.78, 5) is 12.3. The van der Waals surface area contributed by atoms with E-state index in [-0.39, 0.29) is 16.8 Å². The van der Waals surface area contributed by atoms with Gasteiger partial charge in [0.1, 0.15) is 5.52 Å². The highest BCUT2D eigenvalue weighted by atomic mass is 79.9. The van der Waals surface area contributed by atoms with Crippen LogP contribution >= 0.6 is 15.9 Å². The fraction of sp³-hybridized carbons (Fsp3) is 0.133. The molecule has 114 valence electrons. The quantitative estimate of drug-likeness (QED) is 0.701. The van der Waals surface area contributed by atoms with Gasteiger partial charge in [-0.25, -0.2) is 12.4 Å². The first-order chi connectivity index (χ1) is 10.4. The van der Waals surface area contributed by atoms with Crippen molar-refractivity contribution in [3.05, 3.63) is 69.2 Å². The molecule has 3 aromatic rings. The smallest absolute Gasteiger partial charge is 0.275 e. The Hall–Kier alpha value is -1.86. The van der Waals surface area contributed by atoms with Gasteiger partial charge in [-0.2, -0.15) is 0 Å². The fourth-order valence-corrected chi connectivity index (χ4v) is 4.45. The van der Waals surface area contributed by atoms with Gasteiger partial charge in [0, 0.05) is 29.3 Å². The molecule has 0 atom stereocenters. The van der Waals surface area contributed by atoms with Crippen molar-refractivity contribution in [2.45, 2.75) is 5.75 Å². The Balaban J connectivity index is 2.20. The van der Waals surface area contributed by atoms with E-state index in [1.807, 2.05) is 6.07 Å². The molecule has 1 aromatic carbocycles. The van der Waals surface area contributed by atoms with Gasteiger partial charge in [-0.05, 0) is 27.6 Å². The second kappa shape index (κ2) is 5.40. The van der Waals surface area contributed by atoms with Crippen molar-refractivity contribution in [2.75, 3.05) is 0 Å². The standard InChI is InChI=1S/C15H13BrN2O3S/c1-17-9-13(16)12-7-8-18(14(12)15(17)19)22(20,21)10-11-5-3-2-4-6-11/h2-9H,10H2,1H3. The zero-order chi connectivity index (χ0) is 15.9. The maximum atomic E-state index is 12.7. The van der Waals surface area contributed by atoms with Crippen LogP contribution in [0.4, 0.5) is 0 Å². The summed E-state index contributed by atoms with van der Waals surface area (Å²) >= 11 is 3.36. The van der Waals surface area contributed by atoms with Gasteiger partial charge in [-0.15, -0.1) is 0 Å². The predicted octanol–water partition coefficient (Wildman–Crippen LogP) is 2.48. The van der Waals surface area contributed by atoms with Crippen molar-refractivity contribution in [3.63, 3.8) is 0 Å². The SMILES string of the molecule is Cn1cc(Br)c2ccn(S(=O)(=O)Cc3ccccc3)c2c1=O. The van der Waals surface area contributed by atoms with Gasteiger partial charge < -0.3 is 4.57 Å². The summed E-state index contributed by atoms with van der Waals surface area (Å²) in [5.41, 5.74) is 0.490. The van der Waals surface area contributed by atoms with Gasteiger partial charge in [0.25, 0.3) is 5.56 Å². The average Bonchev–Trinajstić information content (AvgIpc) is 2.92. The zero-order valence-corrected chi connectivity index (χ0v) is 14.1. The van der Waals surface area contributed by atoms with Crippen molar-refractivity contribution in [3.8, 4) is 0 Å². The van der Waals surface area contributed by atoms with E-state index in [0.29, 0.717) is 15.4 Å². The largest absolute Gasteiger partial charge is 0.316 e. The number of hydrogen-bond acceptors (Lipinski definition) is 3. The first kappa shape index (κ1) is 15.1. The molecule has 22 heavy (non-hydrogen) atoms. The summed E-state index contributed by atoms with van der Waals surface area (Å²) < 4.78 is 28.4. The minimum absolute atomic E-state index is 0.159. The molecule has 0 unspecified atom stereocenters. The van der Waals surface area contributed by atoms with Crippen LogP contribution in [-0.2, 0) is 22.8 Å². The fourth-order valence-electron chi connectivity index (χ4n) is 2.37. The molecule has 0 aliphatic rings. The Morgan fingerprint density at radius 1 is 1.14 bits per heavy atom. The van der Waals surface area contributed by atoms with Crippen LogP contribution in [0.1, 0.15) is 5.56 Å². The van der Waals surface area contributed by atoms with Crippen molar-refractivity contribution in [1.29, 1.82) is 0 Å². The third-order valence-electron chi connectivity index (χ3n) is 3.43. The molecule has 0 bridgehead atoms. The Labute approximate surface area is 136 Å². The second-order valence-electron chi connectivity index (χ2n) is 5.01. The molecule has 0 amide bonds. The van der Waals surface area contributed by atoms with E-state index in [1.54, 1.807) is 43.6 Å².